The van der Waals surface area contributed by atoms with Crippen molar-refractivity contribution >= 4 is 7.82 Å². The first-order valence-electron chi connectivity index (χ1n) is 9.72. The topological polar surface area (TPSA) is 79.8 Å². The Bertz CT molecular complexity index is 268. The molecule has 0 heterocycles. The molecule has 0 unspecified atom stereocenters. The van der Waals surface area contributed by atoms with Crippen LogP contribution in [0.4, 0.5) is 0 Å². The van der Waals surface area contributed by atoms with Crippen LogP contribution < -0.4 is 6.15 Å². The van der Waals surface area contributed by atoms with E-state index in [4.69, 9.17) is 13.6 Å². The van der Waals surface area contributed by atoms with Crippen molar-refractivity contribution in [1.29, 1.82) is 0 Å². The van der Waals surface area contributed by atoms with Crippen LogP contribution in [-0.4, -0.2) is 19.8 Å². The summed E-state index contributed by atoms with van der Waals surface area (Å²) >= 11 is 0. The summed E-state index contributed by atoms with van der Waals surface area (Å²) in [6.07, 6.45) is 14.1. The summed E-state index contributed by atoms with van der Waals surface area (Å²) in [6, 6.07) is 0. The molecule has 0 saturated heterocycles. The standard InChI is InChI=1S/C18H39O4P.H3N/c1-4-7-9-11-13-15-17-21-23(19,20-6-3)22-18-16-14-12-10-8-5-2;/h4-18H2,1-3H3;1H3. The van der Waals surface area contributed by atoms with Crippen molar-refractivity contribution < 1.29 is 18.1 Å². The van der Waals surface area contributed by atoms with Gasteiger partial charge in [-0.1, -0.05) is 78.1 Å². The average molecular weight is 368 g/mol. The van der Waals surface area contributed by atoms with E-state index >= 15 is 0 Å². The van der Waals surface area contributed by atoms with Crippen molar-refractivity contribution in [2.75, 3.05) is 19.8 Å². The summed E-state index contributed by atoms with van der Waals surface area (Å²) in [6.45, 7) is 7.50. The Morgan fingerprint density at radius 3 is 1.33 bits per heavy atom. The SMILES string of the molecule is CCCCCCCCOP(=O)(OCC)OCCCCCCCC.N. The van der Waals surface area contributed by atoms with E-state index in [-0.39, 0.29) is 6.15 Å². The third-order valence-corrected chi connectivity index (χ3v) is 5.35. The van der Waals surface area contributed by atoms with E-state index in [2.05, 4.69) is 13.8 Å². The molecule has 0 aromatic heterocycles. The van der Waals surface area contributed by atoms with Crippen LogP contribution in [0, 0.1) is 0 Å². The maximum absolute atomic E-state index is 12.4. The Labute approximate surface area is 150 Å². The van der Waals surface area contributed by atoms with Gasteiger partial charge in [0.1, 0.15) is 0 Å². The Morgan fingerprint density at radius 2 is 0.958 bits per heavy atom. The molecule has 0 saturated carbocycles. The molecule has 0 aromatic rings. The third kappa shape index (κ3) is 16.9. The second kappa shape index (κ2) is 19.4. The molecular formula is C18H42NO4P. The molecule has 6 heteroatoms. The smallest absolute Gasteiger partial charge is 0.344 e. The minimum atomic E-state index is -3.34. The summed E-state index contributed by atoms with van der Waals surface area (Å²) < 4.78 is 28.5. The second-order valence-corrected chi connectivity index (χ2v) is 7.74. The van der Waals surface area contributed by atoms with Crippen LogP contribution in [0.5, 0.6) is 0 Å². The van der Waals surface area contributed by atoms with Crippen LogP contribution in [0.15, 0.2) is 0 Å². The van der Waals surface area contributed by atoms with Crippen molar-refractivity contribution in [2.45, 2.75) is 97.8 Å². The number of phosphoric ester groups is 1. The minimum absolute atomic E-state index is 0. The lowest BCUT2D eigenvalue weighted by Gasteiger charge is -2.17. The summed E-state index contributed by atoms with van der Waals surface area (Å²) in [5.74, 6) is 0. The van der Waals surface area contributed by atoms with Crippen LogP contribution in [0.1, 0.15) is 97.8 Å². The molecule has 0 amide bonds. The van der Waals surface area contributed by atoms with Gasteiger partial charge < -0.3 is 6.15 Å². The Balaban J connectivity index is 0. The van der Waals surface area contributed by atoms with E-state index in [0.717, 1.165) is 25.7 Å². The second-order valence-electron chi connectivity index (χ2n) is 6.07. The lowest BCUT2D eigenvalue weighted by Crippen LogP contribution is -2.03. The molecule has 148 valence electrons. The first-order valence-corrected chi connectivity index (χ1v) is 11.2. The Morgan fingerprint density at radius 1 is 0.583 bits per heavy atom. The molecule has 0 aliphatic heterocycles. The van der Waals surface area contributed by atoms with E-state index in [1.807, 2.05) is 6.92 Å². The van der Waals surface area contributed by atoms with Crippen LogP contribution >= 0.6 is 7.82 Å². The molecule has 0 spiro atoms. The number of phosphoric acid groups is 1. The molecular weight excluding hydrogens is 325 g/mol. The fourth-order valence-electron chi connectivity index (χ4n) is 2.39. The predicted molar refractivity (Wildman–Crippen MR) is 103 cm³/mol. The molecule has 3 N–H and O–H groups in total. The zero-order valence-electron chi connectivity index (χ0n) is 16.4. The van der Waals surface area contributed by atoms with Crippen LogP contribution in [0.2, 0.25) is 0 Å². The van der Waals surface area contributed by atoms with Gasteiger partial charge in [-0.05, 0) is 19.8 Å². The van der Waals surface area contributed by atoms with E-state index in [0.29, 0.717) is 19.8 Å². The monoisotopic (exact) mass is 367 g/mol. The van der Waals surface area contributed by atoms with Crippen molar-refractivity contribution in [3.8, 4) is 0 Å². The van der Waals surface area contributed by atoms with E-state index < -0.39 is 7.82 Å². The molecule has 0 atom stereocenters. The highest BCUT2D eigenvalue weighted by Gasteiger charge is 2.25. The largest absolute Gasteiger partial charge is 0.474 e. The van der Waals surface area contributed by atoms with Gasteiger partial charge in [-0.15, -0.1) is 0 Å². The molecule has 0 rings (SSSR count). The Hall–Kier alpha value is 0.0700. The highest BCUT2D eigenvalue weighted by molar-refractivity contribution is 7.48. The fourth-order valence-corrected chi connectivity index (χ4v) is 3.63. The first kappa shape index (κ1) is 26.3. The van der Waals surface area contributed by atoms with Crippen molar-refractivity contribution in [3.63, 3.8) is 0 Å². The van der Waals surface area contributed by atoms with Gasteiger partial charge in [0.25, 0.3) is 0 Å². The summed E-state index contributed by atoms with van der Waals surface area (Å²) in [5, 5.41) is 0. The zero-order valence-corrected chi connectivity index (χ0v) is 17.3. The van der Waals surface area contributed by atoms with Crippen LogP contribution in [-0.2, 0) is 18.1 Å². The fraction of sp³-hybridized carbons (Fsp3) is 1.00. The normalized spacial score (nSPS) is 11.5. The molecule has 0 fully saturated rings. The van der Waals surface area contributed by atoms with Gasteiger partial charge in [0.15, 0.2) is 0 Å². The van der Waals surface area contributed by atoms with Gasteiger partial charge >= 0.3 is 7.82 Å². The van der Waals surface area contributed by atoms with Gasteiger partial charge in [0.2, 0.25) is 0 Å². The van der Waals surface area contributed by atoms with E-state index in [1.54, 1.807) is 0 Å². The van der Waals surface area contributed by atoms with Gasteiger partial charge in [0, 0.05) is 0 Å². The molecule has 5 nitrogen and oxygen atoms in total. The third-order valence-electron chi connectivity index (χ3n) is 3.78. The van der Waals surface area contributed by atoms with Crippen LogP contribution in [0.25, 0.3) is 0 Å². The number of rotatable bonds is 18. The lowest BCUT2D eigenvalue weighted by molar-refractivity contribution is 0.114. The molecule has 0 aromatic carbocycles. The average Bonchev–Trinajstić information content (AvgIpc) is 2.53. The summed E-state index contributed by atoms with van der Waals surface area (Å²) in [7, 11) is -3.34. The minimum Gasteiger partial charge on any atom is -0.344 e. The lowest BCUT2D eigenvalue weighted by atomic mass is 10.1. The van der Waals surface area contributed by atoms with Crippen molar-refractivity contribution in [2.24, 2.45) is 0 Å². The highest BCUT2D eigenvalue weighted by atomic mass is 31.2. The quantitative estimate of drug-likeness (QED) is 0.207. The van der Waals surface area contributed by atoms with Crippen molar-refractivity contribution in [3.05, 3.63) is 0 Å². The maximum Gasteiger partial charge on any atom is 0.474 e. The van der Waals surface area contributed by atoms with Crippen LogP contribution in [0.3, 0.4) is 0 Å². The number of hydrogen-bond donors (Lipinski definition) is 1. The molecule has 0 radical (unpaired) electrons. The molecule has 24 heavy (non-hydrogen) atoms. The van der Waals surface area contributed by atoms with Gasteiger partial charge in [-0.2, -0.15) is 0 Å². The zero-order chi connectivity index (χ0) is 17.2. The highest BCUT2D eigenvalue weighted by Crippen LogP contribution is 2.49. The summed E-state index contributed by atoms with van der Waals surface area (Å²) in [4.78, 5) is 0. The molecule has 0 aliphatic carbocycles. The van der Waals surface area contributed by atoms with Gasteiger partial charge in [0.05, 0.1) is 19.8 Å². The number of unbranched alkanes of at least 4 members (excludes halogenated alkanes) is 10. The van der Waals surface area contributed by atoms with Crippen molar-refractivity contribution in [1.82, 2.24) is 6.15 Å². The molecule has 0 aliphatic rings. The summed E-state index contributed by atoms with van der Waals surface area (Å²) in [5.41, 5.74) is 0. The Kier molecular flexibility index (Phi) is 21.3. The van der Waals surface area contributed by atoms with Gasteiger partial charge in [-0.3, -0.25) is 13.6 Å². The predicted octanol–water partition coefficient (Wildman–Crippen LogP) is 7.05. The maximum atomic E-state index is 12.4. The first-order chi connectivity index (χ1) is 11.2. The van der Waals surface area contributed by atoms with E-state index in [1.165, 1.54) is 51.4 Å². The van der Waals surface area contributed by atoms with E-state index in [9.17, 15) is 4.57 Å². The molecule has 0 bridgehead atoms. The number of hydrogen-bond acceptors (Lipinski definition) is 5. The van der Waals surface area contributed by atoms with Gasteiger partial charge in [-0.25, -0.2) is 4.57 Å².